The molecule has 5 nitrogen and oxygen atoms in total. The van der Waals surface area contributed by atoms with Gasteiger partial charge in [0.15, 0.2) is 0 Å². The van der Waals surface area contributed by atoms with Crippen molar-refractivity contribution in [2.45, 2.75) is 31.2 Å². The van der Waals surface area contributed by atoms with Crippen LogP contribution in [-0.4, -0.2) is 35.4 Å². The summed E-state index contributed by atoms with van der Waals surface area (Å²) in [5.41, 5.74) is 1.48. The SMILES string of the molecule is O=C1C[C@@H]2[C@@H](/C=C/[C@@H](O)/C=C/c3ccccc3)[C@H](OC(=O)c3ccccc3)C[C@@H]2O1. The first-order chi connectivity index (χ1) is 14.6. The molecule has 2 aromatic rings. The molecule has 5 heteroatoms. The highest BCUT2D eigenvalue weighted by Gasteiger charge is 2.50. The topological polar surface area (TPSA) is 72.8 Å². The van der Waals surface area contributed by atoms with Crippen molar-refractivity contribution in [1.82, 2.24) is 0 Å². The minimum absolute atomic E-state index is 0.0485. The quantitative estimate of drug-likeness (QED) is 0.586. The van der Waals surface area contributed by atoms with Gasteiger partial charge in [0, 0.05) is 18.3 Å². The first-order valence-electron chi connectivity index (χ1n) is 10.2. The highest BCUT2D eigenvalue weighted by atomic mass is 16.6. The molecule has 2 aliphatic rings. The zero-order valence-electron chi connectivity index (χ0n) is 16.5. The van der Waals surface area contributed by atoms with Crippen molar-refractivity contribution in [3.8, 4) is 0 Å². The first-order valence-corrected chi connectivity index (χ1v) is 10.2. The number of hydrogen-bond donors (Lipinski definition) is 1. The Balaban J connectivity index is 1.45. The second kappa shape index (κ2) is 9.09. The molecular weight excluding hydrogens is 380 g/mol. The second-order valence-corrected chi connectivity index (χ2v) is 7.66. The molecule has 0 bridgehead atoms. The van der Waals surface area contributed by atoms with Crippen LogP contribution in [0.15, 0.2) is 78.9 Å². The minimum Gasteiger partial charge on any atom is -0.462 e. The summed E-state index contributed by atoms with van der Waals surface area (Å²) >= 11 is 0. The van der Waals surface area contributed by atoms with Gasteiger partial charge in [0.2, 0.25) is 0 Å². The third-order valence-corrected chi connectivity index (χ3v) is 5.63. The number of hydrogen-bond acceptors (Lipinski definition) is 5. The van der Waals surface area contributed by atoms with E-state index >= 15 is 0 Å². The Morgan fingerprint density at radius 3 is 2.50 bits per heavy atom. The molecule has 1 aliphatic heterocycles. The average molecular weight is 404 g/mol. The van der Waals surface area contributed by atoms with Crippen LogP contribution in [0.4, 0.5) is 0 Å². The molecule has 2 aromatic carbocycles. The van der Waals surface area contributed by atoms with Crippen LogP contribution in [0.3, 0.4) is 0 Å². The lowest BCUT2D eigenvalue weighted by atomic mass is 9.91. The van der Waals surface area contributed by atoms with Crippen LogP contribution < -0.4 is 0 Å². The molecule has 1 N–H and O–H groups in total. The second-order valence-electron chi connectivity index (χ2n) is 7.66. The van der Waals surface area contributed by atoms with Gasteiger partial charge in [-0.3, -0.25) is 4.79 Å². The Morgan fingerprint density at radius 2 is 1.77 bits per heavy atom. The maximum absolute atomic E-state index is 12.5. The zero-order chi connectivity index (χ0) is 20.9. The van der Waals surface area contributed by atoms with E-state index in [2.05, 4.69) is 0 Å². The molecule has 0 spiro atoms. The van der Waals surface area contributed by atoms with E-state index < -0.39 is 18.2 Å². The minimum atomic E-state index is -0.784. The largest absolute Gasteiger partial charge is 0.462 e. The Kier molecular flexibility index (Phi) is 6.10. The third kappa shape index (κ3) is 4.69. The number of rotatable bonds is 6. The van der Waals surface area contributed by atoms with E-state index in [1.807, 2.05) is 48.6 Å². The molecule has 2 fully saturated rings. The highest BCUT2D eigenvalue weighted by molar-refractivity contribution is 5.89. The zero-order valence-corrected chi connectivity index (χ0v) is 16.5. The molecule has 1 heterocycles. The summed E-state index contributed by atoms with van der Waals surface area (Å²) in [6.45, 7) is 0. The van der Waals surface area contributed by atoms with Gasteiger partial charge in [0.05, 0.1) is 18.1 Å². The molecule has 154 valence electrons. The van der Waals surface area contributed by atoms with E-state index in [0.717, 1.165) is 5.56 Å². The number of carbonyl (C=O) groups is 2. The van der Waals surface area contributed by atoms with Crippen LogP contribution in [0, 0.1) is 11.8 Å². The van der Waals surface area contributed by atoms with Gasteiger partial charge in [-0.05, 0) is 17.7 Å². The summed E-state index contributed by atoms with van der Waals surface area (Å²) in [5, 5.41) is 10.3. The predicted molar refractivity (Wildman–Crippen MR) is 112 cm³/mol. The number of aliphatic hydroxyl groups is 1. The molecule has 0 radical (unpaired) electrons. The van der Waals surface area contributed by atoms with Crippen molar-refractivity contribution in [1.29, 1.82) is 0 Å². The number of carbonyl (C=O) groups excluding carboxylic acids is 2. The van der Waals surface area contributed by atoms with Crippen molar-refractivity contribution in [3.63, 3.8) is 0 Å². The predicted octanol–water partition coefficient (Wildman–Crippen LogP) is 3.79. The van der Waals surface area contributed by atoms with Crippen LogP contribution in [0.1, 0.15) is 28.8 Å². The summed E-state index contributed by atoms with van der Waals surface area (Å²) in [7, 11) is 0. The fourth-order valence-electron chi connectivity index (χ4n) is 4.15. The summed E-state index contributed by atoms with van der Waals surface area (Å²) in [6.07, 6.45) is 6.41. The number of fused-ring (bicyclic) bond motifs is 1. The molecular formula is C25H24O5. The molecule has 4 rings (SSSR count). The molecule has 30 heavy (non-hydrogen) atoms. The Hall–Kier alpha value is -3.18. The number of esters is 2. The van der Waals surface area contributed by atoms with E-state index in [1.165, 1.54) is 0 Å². The van der Waals surface area contributed by atoms with Crippen molar-refractivity contribution in [3.05, 3.63) is 90.0 Å². The van der Waals surface area contributed by atoms with Gasteiger partial charge in [-0.1, -0.05) is 72.8 Å². The van der Waals surface area contributed by atoms with Crippen LogP contribution in [0.25, 0.3) is 6.08 Å². The van der Waals surface area contributed by atoms with Crippen molar-refractivity contribution >= 4 is 18.0 Å². The van der Waals surface area contributed by atoms with Crippen molar-refractivity contribution < 1.29 is 24.2 Å². The lowest BCUT2D eigenvalue weighted by molar-refractivity contribution is -0.141. The lowest BCUT2D eigenvalue weighted by Gasteiger charge is -2.20. The number of benzene rings is 2. The maximum atomic E-state index is 12.5. The van der Waals surface area contributed by atoms with Gasteiger partial charge < -0.3 is 14.6 Å². The molecule has 0 unspecified atom stereocenters. The van der Waals surface area contributed by atoms with E-state index in [4.69, 9.17) is 9.47 Å². The molecule has 1 saturated carbocycles. The molecule has 1 saturated heterocycles. The van der Waals surface area contributed by atoms with E-state index in [0.29, 0.717) is 18.4 Å². The highest BCUT2D eigenvalue weighted by Crippen LogP contribution is 2.43. The average Bonchev–Trinajstić information content (AvgIpc) is 3.27. The fourth-order valence-corrected chi connectivity index (χ4v) is 4.15. The molecule has 5 atom stereocenters. The third-order valence-electron chi connectivity index (χ3n) is 5.63. The standard InChI is InChI=1S/C25H24O5/c26-19(12-11-17-7-3-1-4-8-17)13-14-20-21-15-24(27)29-23(21)16-22(20)30-25(28)18-9-5-2-6-10-18/h1-14,19-23,26H,15-16H2/b12-11+,14-13+/t19-,20+,21+,22+,23-/m0/s1. The summed E-state index contributed by atoms with van der Waals surface area (Å²) in [6, 6.07) is 18.5. The van der Waals surface area contributed by atoms with Gasteiger partial charge in [-0.25, -0.2) is 4.79 Å². The fraction of sp³-hybridized carbons (Fsp3) is 0.280. The van der Waals surface area contributed by atoms with Crippen LogP contribution in [0.5, 0.6) is 0 Å². The number of ether oxygens (including phenoxy) is 2. The Morgan fingerprint density at radius 1 is 1.07 bits per heavy atom. The van der Waals surface area contributed by atoms with Crippen LogP contribution in [0.2, 0.25) is 0 Å². The smallest absolute Gasteiger partial charge is 0.338 e. The monoisotopic (exact) mass is 404 g/mol. The van der Waals surface area contributed by atoms with Gasteiger partial charge in [-0.15, -0.1) is 0 Å². The summed E-state index contributed by atoms with van der Waals surface area (Å²) < 4.78 is 11.2. The van der Waals surface area contributed by atoms with Crippen molar-refractivity contribution in [2.24, 2.45) is 11.8 Å². The van der Waals surface area contributed by atoms with Gasteiger partial charge in [-0.2, -0.15) is 0 Å². The summed E-state index contributed by atoms with van der Waals surface area (Å²) in [4.78, 5) is 24.2. The van der Waals surface area contributed by atoms with E-state index in [9.17, 15) is 14.7 Å². The van der Waals surface area contributed by atoms with Gasteiger partial charge in [0.1, 0.15) is 12.2 Å². The summed E-state index contributed by atoms with van der Waals surface area (Å²) in [5.74, 6) is -0.850. The Bertz CT molecular complexity index is 935. The van der Waals surface area contributed by atoms with E-state index in [1.54, 1.807) is 36.4 Å². The van der Waals surface area contributed by atoms with Crippen molar-refractivity contribution in [2.75, 3.05) is 0 Å². The number of aliphatic hydroxyl groups excluding tert-OH is 1. The van der Waals surface area contributed by atoms with Gasteiger partial charge >= 0.3 is 11.9 Å². The first kappa shape index (κ1) is 20.1. The molecule has 0 aromatic heterocycles. The Labute approximate surface area is 175 Å². The van der Waals surface area contributed by atoms with E-state index in [-0.39, 0.29) is 23.9 Å². The lowest BCUT2D eigenvalue weighted by Crippen LogP contribution is -2.25. The van der Waals surface area contributed by atoms with Gasteiger partial charge in [0.25, 0.3) is 0 Å². The molecule has 1 aliphatic carbocycles. The van der Waals surface area contributed by atoms with Crippen LogP contribution >= 0.6 is 0 Å². The normalized spacial score (nSPS) is 26.6. The van der Waals surface area contributed by atoms with Crippen LogP contribution in [-0.2, 0) is 14.3 Å². The maximum Gasteiger partial charge on any atom is 0.338 e. The molecule has 0 amide bonds.